The van der Waals surface area contributed by atoms with Gasteiger partial charge in [0.25, 0.3) is 0 Å². The molecule has 1 aromatic heterocycles. The standard InChI is InChI=1S/C22H20FNO2S/c23-19-10-3-4-11-20(19)26-17-8-5-6-15(12-17)14-27-22-18-9-2-1-7-16(18)13-21(25)24-22/h3-6,8,10-13H,1-2,7,9,14H2,(H,24,25). The minimum absolute atomic E-state index is 0.0326. The van der Waals surface area contributed by atoms with Gasteiger partial charge in [-0.15, -0.1) is 11.8 Å². The van der Waals surface area contributed by atoms with E-state index in [4.69, 9.17) is 4.74 Å². The summed E-state index contributed by atoms with van der Waals surface area (Å²) >= 11 is 1.64. The van der Waals surface area contributed by atoms with E-state index in [1.807, 2.05) is 24.3 Å². The normalized spacial score (nSPS) is 13.2. The number of aromatic nitrogens is 1. The van der Waals surface area contributed by atoms with Crippen molar-refractivity contribution in [3.8, 4) is 11.5 Å². The van der Waals surface area contributed by atoms with Crippen molar-refractivity contribution in [2.75, 3.05) is 0 Å². The second-order valence-corrected chi connectivity index (χ2v) is 7.63. The number of rotatable bonds is 5. The third kappa shape index (κ3) is 4.25. The van der Waals surface area contributed by atoms with Gasteiger partial charge in [0.05, 0.1) is 5.03 Å². The Morgan fingerprint density at radius 2 is 1.89 bits per heavy atom. The Kier molecular flexibility index (Phi) is 5.30. The summed E-state index contributed by atoms with van der Waals surface area (Å²) in [6.45, 7) is 0. The van der Waals surface area contributed by atoms with Crippen LogP contribution in [0.25, 0.3) is 0 Å². The van der Waals surface area contributed by atoms with E-state index in [2.05, 4.69) is 4.98 Å². The summed E-state index contributed by atoms with van der Waals surface area (Å²) in [7, 11) is 0. The molecule has 0 amide bonds. The highest BCUT2D eigenvalue weighted by Crippen LogP contribution is 2.31. The van der Waals surface area contributed by atoms with Crippen LogP contribution >= 0.6 is 11.8 Å². The zero-order chi connectivity index (χ0) is 18.6. The molecular weight excluding hydrogens is 361 g/mol. The number of fused-ring (bicyclic) bond motifs is 1. The van der Waals surface area contributed by atoms with Crippen LogP contribution < -0.4 is 10.3 Å². The number of aromatic amines is 1. The van der Waals surface area contributed by atoms with Gasteiger partial charge in [0.1, 0.15) is 5.75 Å². The van der Waals surface area contributed by atoms with Gasteiger partial charge in [-0.2, -0.15) is 0 Å². The van der Waals surface area contributed by atoms with Crippen LogP contribution in [0, 0.1) is 5.82 Å². The highest BCUT2D eigenvalue weighted by molar-refractivity contribution is 7.98. The Bertz CT molecular complexity index is 1020. The van der Waals surface area contributed by atoms with E-state index in [0.717, 1.165) is 29.9 Å². The number of benzene rings is 2. The molecule has 0 spiro atoms. The fourth-order valence-electron chi connectivity index (χ4n) is 3.36. The number of hydrogen-bond acceptors (Lipinski definition) is 3. The van der Waals surface area contributed by atoms with Crippen molar-refractivity contribution >= 4 is 11.8 Å². The zero-order valence-electron chi connectivity index (χ0n) is 14.8. The molecule has 0 saturated heterocycles. The predicted octanol–water partition coefficient (Wildman–Crippen LogP) is 5.48. The molecule has 3 nitrogen and oxygen atoms in total. The molecule has 0 fully saturated rings. The van der Waals surface area contributed by atoms with Crippen LogP contribution in [0.15, 0.2) is 64.4 Å². The van der Waals surface area contributed by atoms with Gasteiger partial charge < -0.3 is 9.72 Å². The van der Waals surface area contributed by atoms with Crippen molar-refractivity contribution in [1.29, 1.82) is 0 Å². The summed E-state index contributed by atoms with van der Waals surface area (Å²) in [5.41, 5.74) is 3.49. The summed E-state index contributed by atoms with van der Waals surface area (Å²) in [5, 5.41) is 0.970. The van der Waals surface area contributed by atoms with Gasteiger partial charge >= 0.3 is 0 Å². The molecule has 1 heterocycles. The van der Waals surface area contributed by atoms with Crippen molar-refractivity contribution in [1.82, 2.24) is 4.98 Å². The van der Waals surface area contributed by atoms with E-state index < -0.39 is 0 Å². The number of thioether (sulfide) groups is 1. The molecule has 3 aromatic rings. The summed E-state index contributed by atoms with van der Waals surface area (Å²) < 4.78 is 19.4. The topological polar surface area (TPSA) is 42.1 Å². The van der Waals surface area contributed by atoms with E-state index in [0.29, 0.717) is 11.5 Å². The van der Waals surface area contributed by atoms with Gasteiger partial charge in [0.2, 0.25) is 5.56 Å². The maximum atomic E-state index is 13.8. The first-order chi connectivity index (χ1) is 13.2. The molecule has 1 N–H and O–H groups in total. The Morgan fingerprint density at radius 1 is 1.04 bits per heavy atom. The van der Waals surface area contributed by atoms with Crippen molar-refractivity contribution in [3.05, 3.63) is 87.5 Å². The fourth-order valence-corrected chi connectivity index (χ4v) is 4.43. The summed E-state index contributed by atoms with van der Waals surface area (Å²) in [5.74, 6) is 1.14. The number of hydrogen-bond donors (Lipinski definition) is 1. The largest absolute Gasteiger partial charge is 0.454 e. The third-order valence-corrected chi connectivity index (χ3v) is 5.79. The van der Waals surface area contributed by atoms with Crippen LogP contribution in [-0.2, 0) is 18.6 Å². The lowest BCUT2D eigenvalue weighted by Gasteiger charge is -2.18. The number of H-pyrrole nitrogens is 1. The van der Waals surface area contributed by atoms with Gasteiger partial charge in [-0.3, -0.25) is 4.79 Å². The molecule has 27 heavy (non-hydrogen) atoms. The Labute approximate surface area is 161 Å². The van der Waals surface area contributed by atoms with Crippen LogP contribution in [0.4, 0.5) is 4.39 Å². The molecular formula is C22H20FNO2S. The molecule has 4 rings (SSSR count). The number of para-hydroxylation sites is 1. The Balaban J connectivity index is 1.50. The number of pyridine rings is 1. The summed E-state index contributed by atoms with van der Waals surface area (Å²) in [6, 6.07) is 15.7. The molecule has 0 saturated carbocycles. The number of halogens is 1. The van der Waals surface area contributed by atoms with Crippen molar-refractivity contribution in [2.45, 2.75) is 36.5 Å². The summed E-state index contributed by atoms with van der Waals surface area (Å²) in [6.07, 6.45) is 4.32. The minimum Gasteiger partial charge on any atom is -0.454 e. The fraction of sp³-hybridized carbons (Fsp3) is 0.227. The molecule has 1 aliphatic carbocycles. The van der Waals surface area contributed by atoms with Gasteiger partial charge in [-0.05, 0) is 66.6 Å². The van der Waals surface area contributed by atoms with Gasteiger partial charge in [0.15, 0.2) is 11.6 Å². The second-order valence-electron chi connectivity index (χ2n) is 6.64. The number of aryl methyl sites for hydroxylation is 1. The van der Waals surface area contributed by atoms with E-state index in [1.165, 1.54) is 23.6 Å². The van der Waals surface area contributed by atoms with Crippen LogP contribution in [-0.4, -0.2) is 4.98 Å². The Morgan fingerprint density at radius 3 is 2.78 bits per heavy atom. The molecule has 0 bridgehead atoms. The zero-order valence-corrected chi connectivity index (χ0v) is 15.7. The quantitative estimate of drug-likeness (QED) is 0.595. The molecule has 138 valence electrons. The van der Waals surface area contributed by atoms with Crippen LogP contribution in [0.3, 0.4) is 0 Å². The first-order valence-corrected chi connectivity index (χ1v) is 10.1. The van der Waals surface area contributed by atoms with Gasteiger partial charge in [0, 0.05) is 11.8 Å². The molecule has 2 aromatic carbocycles. The van der Waals surface area contributed by atoms with Gasteiger partial charge in [-0.1, -0.05) is 24.3 Å². The van der Waals surface area contributed by atoms with Crippen molar-refractivity contribution in [3.63, 3.8) is 0 Å². The van der Waals surface area contributed by atoms with Crippen LogP contribution in [0.5, 0.6) is 11.5 Å². The lowest BCUT2D eigenvalue weighted by atomic mass is 9.93. The smallest absolute Gasteiger partial charge is 0.249 e. The molecule has 0 unspecified atom stereocenters. The van der Waals surface area contributed by atoms with E-state index >= 15 is 0 Å². The molecule has 0 radical (unpaired) electrons. The average molecular weight is 381 g/mol. The minimum atomic E-state index is -0.384. The maximum absolute atomic E-state index is 13.8. The Hall–Kier alpha value is -2.53. The van der Waals surface area contributed by atoms with Crippen molar-refractivity contribution in [2.24, 2.45) is 0 Å². The highest BCUT2D eigenvalue weighted by atomic mass is 32.2. The lowest BCUT2D eigenvalue weighted by molar-refractivity contribution is 0.442. The lowest BCUT2D eigenvalue weighted by Crippen LogP contribution is -2.14. The van der Waals surface area contributed by atoms with Crippen LogP contribution in [0.2, 0.25) is 0 Å². The second kappa shape index (κ2) is 8.01. The molecule has 1 aliphatic rings. The van der Waals surface area contributed by atoms with Gasteiger partial charge in [-0.25, -0.2) is 4.39 Å². The first kappa shape index (κ1) is 17.9. The predicted molar refractivity (Wildman–Crippen MR) is 106 cm³/mol. The molecule has 5 heteroatoms. The first-order valence-electron chi connectivity index (χ1n) is 9.08. The molecule has 0 atom stereocenters. The van der Waals surface area contributed by atoms with E-state index in [1.54, 1.807) is 36.0 Å². The third-order valence-electron chi connectivity index (χ3n) is 4.67. The SMILES string of the molecule is O=c1cc2c(c(SCc3cccc(Oc4ccccc4F)c3)[nH]1)CCCC2. The average Bonchev–Trinajstić information content (AvgIpc) is 2.68. The highest BCUT2D eigenvalue weighted by Gasteiger charge is 2.15. The van der Waals surface area contributed by atoms with Crippen molar-refractivity contribution < 1.29 is 9.13 Å². The van der Waals surface area contributed by atoms with E-state index in [-0.39, 0.29) is 17.1 Å². The summed E-state index contributed by atoms with van der Waals surface area (Å²) in [4.78, 5) is 14.9. The number of nitrogens with one attached hydrogen (secondary N) is 1. The molecule has 0 aliphatic heterocycles. The van der Waals surface area contributed by atoms with Crippen LogP contribution in [0.1, 0.15) is 29.5 Å². The van der Waals surface area contributed by atoms with E-state index in [9.17, 15) is 9.18 Å². The number of ether oxygens (including phenoxy) is 1. The monoisotopic (exact) mass is 381 g/mol. The maximum Gasteiger partial charge on any atom is 0.249 e.